The Hall–Kier alpha value is -4.00. The molecule has 3 heterocycles. The maximum Gasteiger partial charge on any atom is 0.453 e. The van der Waals surface area contributed by atoms with E-state index in [0.29, 0.717) is 46.7 Å². The zero-order chi connectivity index (χ0) is 31.5. The Morgan fingerprint density at radius 1 is 0.614 bits per heavy atom. The van der Waals surface area contributed by atoms with Crippen molar-refractivity contribution in [2.24, 2.45) is 10.2 Å². The molecule has 0 spiro atoms. The van der Waals surface area contributed by atoms with Crippen molar-refractivity contribution in [3.05, 3.63) is 93.0 Å². The van der Waals surface area contributed by atoms with Crippen LogP contribution in [0, 0.1) is 9.54 Å². The molecule has 0 atom stereocenters. The highest BCUT2D eigenvalue weighted by Crippen LogP contribution is 2.29. The largest absolute Gasteiger partial charge is 0.453 e. The fraction of sp³-hybridized carbons (Fsp3) is 0.308. The van der Waals surface area contributed by atoms with Gasteiger partial charge in [-0.15, -0.1) is 10.2 Å². The summed E-state index contributed by atoms with van der Waals surface area (Å²) in [4.78, 5) is 3.65. The van der Waals surface area contributed by atoms with E-state index in [0.717, 1.165) is 9.36 Å². The van der Waals surface area contributed by atoms with E-state index in [2.05, 4.69) is 20.4 Å². The topological polar surface area (TPSA) is 76.7 Å². The Morgan fingerprint density at radius 2 is 0.955 bits per heavy atom. The van der Waals surface area contributed by atoms with E-state index in [1.807, 2.05) is 9.80 Å². The van der Waals surface area contributed by atoms with E-state index >= 15 is 0 Å². The van der Waals surface area contributed by atoms with Gasteiger partial charge >= 0.3 is 12.4 Å². The summed E-state index contributed by atoms with van der Waals surface area (Å²) in [5.41, 5.74) is 1.17. The highest BCUT2D eigenvalue weighted by molar-refractivity contribution is 7.71. The molecule has 1 aliphatic heterocycles. The van der Waals surface area contributed by atoms with Gasteiger partial charge in [-0.25, -0.2) is 9.36 Å². The summed E-state index contributed by atoms with van der Waals surface area (Å²) >= 11 is 10.5. The third kappa shape index (κ3) is 7.37. The van der Waals surface area contributed by atoms with Crippen LogP contribution >= 0.6 is 24.4 Å². The van der Waals surface area contributed by atoms with Crippen molar-refractivity contribution in [3.8, 4) is 0 Å². The van der Waals surface area contributed by atoms with Gasteiger partial charge in [0.1, 0.15) is 0 Å². The molecular weight excluding hydrogens is 630 g/mol. The lowest BCUT2D eigenvalue weighted by Crippen LogP contribution is -2.47. The quantitative estimate of drug-likeness (QED) is 0.148. The fourth-order valence-electron chi connectivity index (χ4n) is 4.32. The monoisotopic (exact) mass is 654 g/mol. The van der Waals surface area contributed by atoms with Crippen molar-refractivity contribution in [3.63, 3.8) is 0 Å². The number of piperazine rings is 1. The summed E-state index contributed by atoms with van der Waals surface area (Å²) in [5, 5.41) is 15.2. The molecular formula is C26H24F6N10S2. The van der Waals surface area contributed by atoms with Gasteiger partial charge < -0.3 is 0 Å². The van der Waals surface area contributed by atoms with E-state index in [4.69, 9.17) is 24.4 Å². The van der Waals surface area contributed by atoms with Crippen LogP contribution in [0.5, 0.6) is 0 Å². The second-order valence-electron chi connectivity index (χ2n) is 9.66. The summed E-state index contributed by atoms with van der Waals surface area (Å²) in [6.45, 7) is 1.41. The number of rotatable bonds is 8. The molecule has 1 fully saturated rings. The lowest BCUT2D eigenvalue weighted by atomic mass is 10.2. The van der Waals surface area contributed by atoms with Crippen molar-refractivity contribution < 1.29 is 26.3 Å². The molecule has 2 aromatic heterocycles. The minimum atomic E-state index is -4.80. The molecule has 0 aliphatic carbocycles. The smallest absolute Gasteiger partial charge is 0.282 e. The maximum absolute atomic E-state index is 13.7. The number of aromatic nitrogens is 6. The number of alkyl halides is 6. The Kier molecular flexibility index (Phi) is 9.23. The van der Waals surface area contributed by atoms with E-state index in [9.17, 15) is 26.3 Å². The van der Waals surface area contributed by atoms with Gasteiger partial charge in [-0.1, -0.05) is 60.7 Å². The van der Waals surface area contributed by atoms with Crippen LogP contribution in [0.15, 0.2) is 70.9 Å². The third-order valence-electron chi connectivity index (χ3n) is 6.52. The minimum absolute atomic E-state index is 0.0376. The van der Waals surface area contributed by atoms with Crippen molar-refractivity contribution in [1.29, 1.82) is 0 Å². The van der Waals surface area contributed by atoms with E-state index in [1.54, 1.807) is 60.7 Å². The lowest BCUT2D eigenvalue weighted by Gasteiger charge is -2.34. The summed E-state index contributed by atoms with van der Waals surface area (Å²) in [7, 11) is 0. The summed E-state index contributed by atoms with van der Waals surface area (Å²) < 4.78 is 85.2. The van der Waals surface area contributed by atoms with Crippen LogP contribution in [0.3, 0.4) is 0 Å². The summed E-state index contributed by atoms with van der Waals surface area (Å²) in [6.07, 6.45) is -7.07. The molecule has 4 aromatic rings. The van der Waals surface area contributed by atoms with E-state index in [1.165, 1.54) is 12.4 Å². The van der Waals surface area contributed by atoms with Crippen LogP contribution in [0.25, 0.3) is 0 Å². The molecule has 0 N–H and O–H groups in total. The summed E-state index contributed by atoms with van der Waals surface area (Å²) in [6, 6.07) is 17.2. The first-order chi connectivity index (χ1) is 20.9. The summed E-state index contributed by atoms with van der Waals surface area (Å²) in [5.74, 6) is -2.51. The van der Waals surface area contributed by atoms with Gasteiger partial charge in [0.2, 0.25) is 9.54 Å². The van der Waals surface area contributed by atoms with Crippen LogP contribution in [0.4, 0.5) is 26.3 Å². The molecule has 0 bridgehead atoms. The molecule has 5 rings (SSSR count). The van der Waals surface area contributed by atoms with E-state index < -0.39 is 24.0 Å². The molecule has 2 aromatic carbocycles. The molecule has 1 saturated heterocycles. The number of hydrogen-bond acceptors (Lipinski definition) is 8. The van der Waals surface area contributed by atoms with Gasteiger partial charge in [0, 0.05) is 26.2 Å². The molecule has 0 saturated carbocycles. The second-order valence-corrected chi connectivity index (χ2v) is 10.4. The van der Waals surface area contributed by atoms with Gasteiger partial charge in [0.25, 0.3) is 11.6 Å². The van der Waals surface area contributed by atoms with Crippen molar-refractivity contribution >= 4 is 36.9 Å². The van der Waals surface area contributed by atoms with Gasteiger partial charge in [0.15, 0.2) is 0 Å². The normalized spacial score (nSPS) is 15.6. The van der Waals surface area contributed by atoms with Crippen LogP contribution in [0.1, 0.15) is 22.8 Å². The molecule has 0 amide bonds. The molecule has 1 aliphatic rings. The van der Waals surface area contributed by atoms with Crippen LogP contribution < -0.4 is 0 Å². The highest BCUT2D eigenvalue weighted by atomic mass is 32.1. The number of nitrogens with zero attached hydrogens (tertiary/aromatic N) is 10. The van der Waals surface area contributed by atoms with Crippen molar-refractivity contribution in [2.75, 3.05) is 26.2 Å². The standard InChI is InChI=1S/C26H24F6N10S2/c27-25(28,29)21-35-39(23(43)41(21)33-15-19-7-3-1-4-8-19)17-37-11-13-38(14-12-37)18-40-24(44)42(22(36-40)26(30,31)32)34-16-20-9-5-2-6-10-20/h1-10,15-16H,11-14,17-18H2. The Balaban J connectivity index is 1.27. The second kappa shape index (κ2) is 12.9. The molecule has 44 heavy (non-hydrogen) atoms. The molecule has 0 unspecified atom stereocenters. The first kappa shape index (κ1) is 31.4. The fourth-order valence-corrected chi connectivity index (χ4v) is 4.79. The van der Waals surface area contributed by atoms with Crippen LogP contribution in [-0.2, 0) is 25.7 Å². The Bertz CT molecular complexity index is 1620. The zero-order valence-corrected chi connectivity index (χ0v) is 24.4. The first-order valence-electron chi connectivity index (χ1n) is 13.1. The highest BCUT2D eigenvalue weighted by Gasteiger charge is 2.40. The average molecular weight is 655 g/mol. The average Bonchev–Trinajstić information content (AvgIpc) is 3.48. The molecule has 232 valence electrons. The Morgan fingerprint density at radius 3 is 1.27 bits per heavy atom. The molecule has 0 radical (unpaired) electrons. The van der Waals surface area contributed by atoms with Crippen LogP contribution in [-0.4, -0.2) is 77.3 Å². The third-order valence-corrected chi connectivity index (χ3v) is 7.29. The van der Waals surface area contributed by atoms with Crippen molar-refractivity contribution in [2.45, 2.75) is 25.7 Å². The Labute approximate surface area is 256 Å². The van der Waals surface area contributed by atoms with Crippen LogP contribution in [0.2, 0.25) is 0 Å². The predicted octanol–water partition coefficient (Wildman–Crippen LogP) is 5.18. The van der Waals surface area contributed by atoms with E-state index in [-0.39, 0.29) is 22.9 Å². The number of halogens is 6. The molecule has 18 heteroatoms. The zero-order valence-electron chi connectivity index (χ0n) is 22.7. The predicted molar refractivity (Wildman–Crippen MR) is 154 cm³/mol. The molecule has 10 nitrogen and oxygen atoms in total. The number of benzene rings is 2. The first-order valence-corrected chi connectivity index (χ1v) is 13.9. The van der Waals surface area contributed by atoms with Gasteiger partial charge in [-0.2, -0.15) is 45.9 Å². The van der Waals surface area contributed by atoms with Gasteiger partial charge in [-0.3, -0.25) is 9.80 Å². The minimum Gasteiger partial charge on any atom is -0.282 e. The lowest BCUT2D eigenvalue weighted by molar-refractivity contribution is -0.148. The van der Waals surface area contributed by atoms with Crippen molar-refractivity contribution in [1.82, 2.24) is 38.7 Å². The maximum atomic E-state index is 13.7. The van der Waals surface area contributed by atoms with Gasteiger partial charge in [0.05, 0.1) is 25.8 Å². The number of hydrogen-bond donors (Lipinski definition) is 0. The van der Waals surface area contributed by atoms with Gasteiger partial charge in [-0.05, 0) is 35.6 Å². The SMILES string of the molecule is FC(F)(F)c1nn(CN2CCN(Cn3nc(C(F)(F)F)n(N=Cc4ccccc4)c3=S)CC2)c(=S)n1N=Cc1ccccc1.